The van der Waals surface area contributed by atoms with Gasteiger partial charge in [0.1, 0.15) is 11.8 Å². The molecule has 128 valence electrons. The van der Waals surface area contributed by atoms with Crippen molar-refractivity contribution in [2.45, 2.75) is 12.6 Å². The molecule has 1 aromatic carbocycles. The largest absolute Gasteiger partial charge is 0.482 e. The summed E-state index contributed by atoms with van der Waals surface area (Å²) in [6.45, 7) is 1.93. The summed E-state index contributed by atoms with van der Waals surface area (Å²) in [6, 6.07) is 6.87. The van der Waals surface area contributed by atoms with Crippen molar-refractivity contribution < 1.29 is 23.8 Å². The maximum atomic E-state index is 12.0. The summed E-state index contributed by atoms with van der Waals surface area (Å²) < 4.78 is 15.1. The third-order valence-corrected chi connectivity index (χ3v) is 3.19. The molecule has 1 heterocycles. The predicted molar refractivity (Wildman–Crippen MR) is 85.7 cm³/mol. The predicted octanol–water partition coefficient (Wildman–Crippen LogP) is 0.265. The number of carbonyl (C=O) groups is 2. The first-order valence-corrected chi connectivity index (χ1v) is 7.06. The van der Waals surface area contributed by atoms with Crippen LogP contribution in [0.3, 0.4) is 0 Å². The molecule has 1 amide bonds. The molecule has 0 bridgehead atoms. The van der Waals surface area contributed by atoms with Crippen molar-refractivity contribution in [3.63, 3.8) is 0 Å². The number of halogens is 1. The van der Waals surface area contributed by atoms with E-state index in [1.54, 1.807) is 18.2 Å². The van der Waals surface area contributed by atoms with E-state index in [2.05, 4.69) is 15.4 Å². The van der Waals surface area contributed by atoms with Crippen LogP contribution < -0.4 is 15.4 Å². The lowest BCUT2D eigenvalue weighted by Gasteiger charge is -2.22. The van der Waals surface area contributed by atoms with Gasteiger partial charge in [-0.1, -0.05) is 12.1 Å². The monoisotopic (exact) mass is 344 g/mol. The van der Waals surface area contributed by atoms with Crippen LogP contribution in [0.15, 0.2) is 24.3 Å². The molecule has 2 rings (SSSR count). The highest BCUT2D eigenvalue weighted by Crippen LogP contribution is 2.13. The van der Waals surface area contributed by atoms with Gasteiger partial charge < -0.3 is 24.8 Å². The van der Waals surface area contributed by atoms with Crippen LogP contribution in [0.5, 0.6) is 5.75 Å². The van der Waals surface area contributed by atoms with Crippen molar-refractivity contribution in [1.29, 1.82) is 0 Å². The number of carbonyl (C=O) groups excluding carboxylic acids is 2. The number of hydrogen-bond acceptors (Lipinski definition) is 6. The number of benzene rings is 1. The lowest BCUT2D eigenvalue weighted by atomic mass is 10.2. The van der Waals surface area contributed by atoms with Crippen molar-refractivity contribution in [3.8, 4) is 5.75 Å². The van der Waals surface area contributed by atoms with Crippen molar-refractivity contribution >= 4 is 24.3 Å². The normalized spacial score (nSPS) is 16.8. The molecule has 7 nitrogen and oxygen atoms in total. The Labute approximate surface area is 141 Å². The Morgan fingerprint density at radius 3 is 2.96 bits per heavy atom. The Bertz CT molecular complexity index is 520. The molecular formula is C15H21ClN2O5. The smallest absolute Gasteiger partial charge is 0.343 e. The molecule has 1 saturated heterocycles. The van der Waals surface area contributed by atoms with E-state index in [-0.39, 0.29) is 31.0 Å². The second-order valence-corrected chi connectivity index (χ2v) is 4.81. The fraction of sp³-hybridized carbons (Fsp3) is 0.467. The number of morpholine rings is 1. The number of ether oxygens (including phenoxy) is 3. The van der Waals surface area contributed by atoms with Gasteiger partial charge in [0.15, 0.2) is 6.61 Å². The van der Waals surface area contributed by atoms with E-state index in [1.165, 1.54) is 7.11 Å². The van der Waals surface area contributed by atoms with Crippen LogP contribution >= 0.6 is 12.4 Å². The van der Waals surface area contributed by atoms with Crippen LogP contribution in [0.2, 0.25) is 0 Å². The molecule has 1 aliphatic heterocycles. The first-order chi connectivity index (χ1) is 10.7. The van der Waals surface area contributed by atoms with Crippen molar-refractivity contribution in [2.75, 3.05) is 33.5 Å². The minimum Gasteiger partial charge on any atom is -0.482 e. The molecule has 2 N–H and O–H groups in total. The fourth-order valence-corrected chi connectivity index (χ4v) is 1.99. The molecule has 1 unspecified atom stereocenters. The molecular weight excluding hydrogens is 324 g/mol. The molecule has 1 atom stereocenters. The van der Waals surface area contributed by atoms with E-state index >= 15 is 0 Å². The fourth-order valence-electron chi connectivity index (χ4n) is 1.99. The Kier molecular flexibility index (Phi) is 8.39. The zero-order valence-electron chi connectivity index (χ0n) is 12.9. The van der Waals surface area contributed by atoms with Gasteiger partial charge in [-0.25, -0.2) is 4.79 Å². The first-order valence-electron chi connectivity index (χ1n) is 7.06. The molecule has 1 fully saturated rings. The minimum atomic E-state index is -0.443. The summed E-state index contributed by atoms with van der Waals surface area (Å²) in [5.41, 5.74) is 0.882. The van der Waals surface area contributed by atoms with Gasteiger partial charge in [-0.15, -0.1) is 12.4 Å². The SMILES string of the molecule is COC(=O)COc1cccc(CNC(=O)C2COCCN2)c1.Cl. The van der Waals surface area contributed by atoms with Crippen molar-refractivity contribution in [2.24, 2.45) is 0 Å². The maximum Gasteiger partial charge on any atom is 0.343 e. The Morgan fingerprint density at radius 2 is 2.26 bits per heavy atom. The lowest BCUT2D eigenvalue weighted by molar-refractivity contribution is -0.142. The molecule has 0 aromatic heterocycles. The summed E-state index contributed by atoms with van der Waals surface area (Å²) in [5.74, 6) is 0.0129. The molecule has 0 radical (unpaired) electrons. The van der Waals surface area contributed by atoms with Crippen LogP contribution in [0.4, 0.5) is 0 Å². The topological polar surface area (TPSA) is 85.9 Å². The summed E-state index contributed by atoms with van der Waals surface area (Å²) in [5, 5.41) is 5.94. The lowest BCUT2D eigenvalue weighted by Crippen LogP contribution is -2.51. The number of rotatable bonds is 6. The van der Waals surface area contributed by atoms with E-state index in [4.69, 9.17) is 9.47 Å². The average Bonchev–Trinajstić information content (AvgIpc) is 2.58. The standard InChI is InChI=1S/C15H20N2O5.ClH/c1-20-14(18)10-22-12-4-2-3-11(7-12)8-17-15(19)13-9-21-6-5-16-13;/h2-4,7,13,16H,5-6,8-10H2,1H3,(H,17,19);1H. The zero-order valence-corrected chi connectivity index (χ0v) is 13.7. The van der Waals surface area contributed by atoms with Gasteiger partial charge in [-0.2, -0.15) is 0 Å². The third-order valence-electron chi connectivity index (χ3n) is 3.19. The van der Waals surface area contributed by atoms with Gasteiger partial charge in [0.25, 0.3) is 0 Å². The highest BCUT2D eigenvalue weighted by atomic mass is 35.5. The van der Waals surface area contributed by atoms with Gasteiger partial charge >= 0.3 is 5.97 Å². The number of amides is 1. The molecule has 0 saturated carbocycles. The highest BCUT2D eigenvalue weighted by Gasteiger charge is 2.20. The van der Waals surface area contributed by atoms with E-state index < -0.39 is 5.97 Å². The maximum absolute atomic E-state index is 12.0. The second-order valence-electron chi connectivity index (χ2n) is 4.81. The number of methoxy groups -OCH3 is 1. The molecule has 8 heteroatoms. The van der Waals surface area contributed by atoms with E-state index in [0.29, 0.717) is 32.1 Å². The van der Waals surface area contributed by atoms with Crippen molar-refractivity contribution in [3.05, 3.63) is 29.8 Å². The van der Waals surface area contributed by atoms with Crippen LogP contribution in [-0.4, -0.2) is 51.4 Å². The van der Waals surface area contributed by atoms with E-state index in [0.717, 1.165) is 5.56 Å². The van der Waals surface area contributed by atoms with Crippen LogP contribution in [0.1, 0.15) is 5.56 Å². The van der Waals surface area contributed by atoms with Crippen LogP contribution in [-0.2, 0) is 25.6 Å². The molecule has 1 aliphatic rings. The molecule has 0 spiro atoms. The highest BCUT2D eigenvalue weighted by molar-refractivity contribution is 5.85. The molecule has 23 heavy (non-hydrogen) atoms. The zero-order chi connectivity index (χ0) is 15.8. The second kappa shape index (κ2) is 10.0. The van der Waals surface area contributed by atoms with Crippen LogP contribution in [0, 0.1) is 0 Å². The van der Waals surface area contributed by atoms with Crippen LogP contribution in [0.25, 0.3) is 0 Å². The number of nitrogens with one attached hydrogen (secondary N) is 2. The van der Waals surface area contributed by atoms with Gasteiger partial charge in [0.2, 0.25) is 5.91 Å². The summed E-state index contributed by atoms with van der Waals surface area (Å²) in [4.78, 5) is 23.0. The quantitative estimate of drug-likeness (QED) is 0.720. The van der Waals surface area contributed by atoms with Crippen molar-refractivity contribution in [1.82, 2.24) is 10.6 Å². The van der Waals surface area contributed by atoms with E-state index in [1.807, 2.05) is 6.07 Å². The third kappa shape index (κ3) is 6.43. The summed E-state index contributed by atoms with van der Waals surface area (Å²) in [6.07, 6.45) is 0. The first kappa shape index (κ1) is 19.2. The Morgan fingerprint density at radius 1 is 1.43 bits per heavy atom. The Balaban J connectivity index is 0.00000264. The van der Waals surface area contributed by atoms with Gasteiger partial charge in [-0.3, -0.25) is 4.79 Å². The van der Waals surface area contributed by atoms with Gasteiger partial charge in [-0.05, 0) is 17.7 Å². The summed E-state index contributed by atoms with van der Waals surface area (Å²) in [7, 11) is 1.31. The number of hydrogen-bond donors (Lipinski definition) is 2. The van der Waals surface area contributed by atoms with Gasteiger partial charge in [0, 0.05) is 13.1 Å². The minimum absolute atomic E-state index is 0. The Hall–Kier alpha value is -1.83. The molecule has 0 aliphatic carbocycles. The number of esters is 1. The average molecular weight is 345 g/mol. The summed E-state index contributed by atoms with van der Waals surface area (Å²) >= 11 is 0. The van der Waals surface area contributed by atoms with E-state index in [9.17, 15) is 9.59 Å². The van der Waals surface area contributed by atoms with Gasteiger partial charge in [0.05, 0.1) is 20.3 Å². The molecule has 1 aromatic rings.